The quantitative estimate of drug-likeness (QED) is 0.412. The van der Waals surface area contributed by atoms with Crippen LogP contribution in [0, 0.1) is 6.92 Å². The van der Waals surface area contributed by atoms with Gasteiger partial charge in [0, 0.05) is 22.1 Å². The number of ether oxygens (including phenoxy) is 1. The predicted molar refractivity (Wildman–Crippen MR) is 119 cm³/mol. The van der Waals surface area contributed by atoms with E-state index in [1.807, 2.05) is 38.1 Å². The van der Waals surface area contributed by atoms with Crippen molar-refractivity contribution in [1.82, 2.24) is 10.1 Å². The molecule has 162 valence electrons. The molecule has 0 spiro atoms. The standard InChI is InChI=1S/C23H24ClN3O4/c1-4-9-29-19-8-6-15(11-17(19)24)22-26-21(27-31-22)14-5-7-18-16(10-14)13(2)20(30-18)23(3,25)12-28/h5-8,10-11,28H,4,9,12,25H2,1-3H3. The molecule has 8 heteroatoms. The Labute approximate surface area is 184 Å². The Morgan fingerprint density at radius 1 is 1.19 bits per heavy atom. The summed E-state index contributed by atoms with van der Waals surface area (Å²) in [4.78, 5) is 4.52. The number of aryl methyl sites for hydroxylation is 1. The van der Waals surface area contributed by atoms with Gasteiger partial charge >= 0.3 is 0 Å². The van der Waals surface area contributed by atoms with E-state index >= 15 is 0 Å². The average molecular weight is 442 g/mol. The van der Waals surface area contributed by atoms with Crippen LogP contribution in [-0.2, 0) is 5.54 Å². The minimum absolute atomic E-state index is 0.223. The number of rotatable bonds is 7. The van der Waals surface area contributed by atoms with Crippen molar-refractivity contribution in [3.63, 3.8) is 0 Å². The Kier molecular flexibility index (Phi) is 5.75. The van der Waals surface area contributed by atoms with Gasteiger partial charge in [-0.1, -0.05) is 23.7 Å². The molecule has 3 N–H and O–H groups in total. The van der Waals surface area contributed by atoms with Crippen LogP contribution in [0.2, 0.25) is 5.02 Å². The summed E-state index contributed by atoms with van der Waals surface area (Å²) in [5, 5.41) is 15.1. The third kappa shape index (κ3) is 4.04. The van der Waals surface area contributed by atoms with Crippen LogP contribution in [0.4, 0.5) is 0 Å². The minimum Gasteiger partial charge on any atom is -0.492 e. The zero-order chi connectivity index (χ0) is 22.2. The van der Waals surface area contributed by atoms with Gasteiger partial charge in [-0.05, 0) is 56.7 Å². The number of nitrogens with two attached hydrogens (primary N) is 1. The molecule has 1 unspecified atom stereocenters. The van der Waals surface area contributed by atoms with Crippen molar-refractivity contribution in [3.8, 4) is 28.6 Å². The summed E-state index contributed by atoms with van der Waals surface area (Å²) in [6.07, 6.45) is 0.900. The Morgan fingerprint density at radius 2 is 1.97 bits per heavy atom. The van der Waals surface area contributed by atoms with Crippen LogP contribution in [-0.4, -0.2) is 28.5 Å². The smallest absolute Gasteiger partial charge is 0.258 e. The number of benzene rings is 2. The van der Waals surface area contributed by atoms with E-state index in [0.29, 0.717) is 46.0 Å². The van der Waals surface area contributed by atoms with Crippen LogP contribution < -0.4 is 10.5 Å². The minimum atomic E-state index is -0.963. The van der Waals surface area contributed by atoms with Gasteiger partial charge in [0.25, 0.3) is 5.89 Å². The number of hydrogen-bond acceptors (Lipinski definition) is 7. The predicted octanol–water partition coefficient (Wildman–Crippen LogP) is 5.07. The molecule has 2 heterocycles. The van der Waals surface area contributed by atoms with Gasteiger partial charge in [0.15, 0.2) is 0 Å². The van der Waals surface area contributed by atoms with Crippen molar-refractivity contribution in [2.24, 2.45) is 5.73 Å². The molecule has 0 saturated carbocycles. The summed E-state index contributed by atoms with van der Waals surface area (Å²) in [5.41, 5.74) is 8.23. The Bertz CT molecular complexity index is 1230. The van der Waals surface area contributed by atoms with E-state index in [-0.39, 0.29) is 6.61 Å². The maximum absolute atomic E-state index is 9.59. The Morgan fingerprint density at radius 3 is 2.68 bits per heavy atom. The van der Waals surface area contributed by atoms with Crippen molar-refractivity contribution in [3.05, 3.63) is 52.7 Å². The molecule has 0 fully saturated rings. The highest BCUT2D eigenvalue weighted by Gasteiger charge is 2.28. The molecule has 4 rings (SSSR count). The van der Waals surface area contributed by atoms with Crippen LogP contribution in [0.1, 0.15) is 31.6 Å². The van der Waals surface area contributed by atoms with Crippen molar-refractivity contribution >= 4 is 22.6 Å². The van der Waals surface area contributed by atoms with E-state index in [1.54, 1.807) is 19.1 Å². The number of aliphatic hydroxyl groups excluding tert-OH is 1. The third-order valence-electron chi connectivity index (χ3n) is 5.11. The fourth-order valence-corrected chi connectivity index (χ4v) is 3.63. The topological polar surface area (TPSA) is 108 Å². The van der Waals surface area contributed by atoms with Gasteiger partial charge in [-0.2, -0.15) is 4.98 Å². The van der Waals surface area contributed by atoms with E-state index in [1.165, 1.54) is 0 Å². The second-order valence-electron chi connectivity index (χ2n) is 7.76. The van der Waals surface area contributed by atoms with E-state index < -0.39 is 5.54 Å². The molecule has 2 aromatic heterocycles. The highest BCUT2D eigenvalue weighted by molar-refractivity contribution is 6.32. The molecule has 0 aliphatic heterocycles. The largest absolute Gasteiger partial charge is 0.492 e. The monoisotopic (exact) mass is 441 g/mol. The highest BCUT2D eigenvalue weighted by Crippen LogP contribution is 2.35. The van der Waals surface area contributed by atoms with E-state index in [9.17, 15) is 5.11 Å². The lowest BCUT2D eigenvalue weighted by atomic mass is 9.97. The zero-order valence-electron chi connectivity index (χ0n) is 17.6. The van der Waals surface area contributed by atoms with Crippen LogP contribution in [0.25, 0.3) is 33.8 Å². The summed E-state index contributed by atoms with van der Waals surface area (Å²) in [6, 6.07) is 11.0. The summed E-state index contributed by atoms with van der Waals surface area (Å²) < 4.78 is 17.0. The van der Waals surface area contributed by atoms with Crippen LogP contribution >= 0.6 is 11.6 Å². The van der Waals surface area contributed by atoms with E-state index in [0.717, 1.165) is 22.9 Å². The summed E-state index contributed by atoms with van der Waals surface area (Å²) in [6.45, 7) is 6.06. The van der Waals surface area contributed by atoms with E-state index in [2.05, 4.69) is 10.1 Å². The van der Waals surface area contributed by atoms with Crippen molar-refractivity contribution in [2.45, 2.75) is 32.7 Å². The van der Waals surface area contributed by atoms with Gasteiger partial charge < -0.3 is 24.5 Å². The maximum atomic E-state index is 9.59. The molecule has 0 amide bonds. The molecule has 0 saturated heterocycles. The van der Waals surface area contributed by atoms with E-state index in [4.69, 9.17) is 31.0 Å². The first-order chi connectivity index (χ1) is 14.8. The zero-order valence-corrected chi connectivity index (χ0v) is 18.4. The van der Waals surface area contributed by atoms with Gasteiger partial charge in [0.1, 0.15) is 17.1 Å². The van der Waals surface area contributed by atoms with Crippen LogP contribution in [0.3, 0.4) is 0 Å². The van der Waals surface area contributed by atoms with Crippen molar-refractivity contribution in [2.75, 3.05) is 13.2 Å². The average Bonchev–Trinajstić information content (AvgIpc) is 3.38. The molecule has 4 aromatic rings. The van der Waals surface area contributed by atoms with Crippen molar-refractivity contribution in [1.29, 1.82) is 0 Å². The number of nitrogens with zero attached hydrogens (tertiary/aromatic N) is 2. The SMILES string of the molecule is CCCOc1ccc(-c2nc(-c3ccc4oc(C(C)(N)CO)c(C)c4c3)no2)cc1Cl. The second-order valence-corrected chi connectivity index (χ2v) is 8.17. The highest BCUT2D eigenvalue weighted by atomic mass is 35.5. The Hall–Kier alpha value is -2.87. The van der Waals surface area contributed by atoms with Gasteiger partial charge in [0.2, 0.25) is 5.82 Å². The molecule has 0 aliphatic rings. The van der Waals surface area contributed by atoms with Crippen LogP contribution in [0.15, 0.2) is 45.3 Å². The lowest BCUT2D eigenvalue weighted by Gasteiger charge is -2.19. The molecule has 0 radical (unpaired) electrons. The molecular weight excluding hydrogens is 418 g/mol. The first-order valence-electron chi connectivity index (χ1n) is 10.0. The van der Waals surface area contributed by atoms with Gasteiger partial charge in [-0.3, -0.25) is 0 Å². The third-order valence-corrected chi connectivity index (χ3v) is 5.40. The fraction of sp³-hybridized carbons (Fsp3) is 0.304. The molecule has 31 heavy (non-hydrogen) atoms. The molecule has 0 aliphatic carbocycles. The number of fused-ring (bicyclic) bond motifs is 1. The number of halogens is 1. The number of aliphatic hydroxyl groups is 1. The number of furan rings is 1. The van der Waals surface area contributed by atoms with Gasteiger partial charge in [-0.25, -0.2) is 0 Å². The van der Waals surface area contributed by atoms with Gasteiger partial charge in [0.05, 0.1) is 23.8 Å². The first kappa shape index (κ1) is 21.4. The normalized spacial score (nSPS) is 13.5. The summed E-state index contributed by atoms with van der Waals surface area (Å²) in [7, 11) is 0. The summed E-state index contributed by atoms with van der Waals surface area (Å²) in [5.74, 6) is 1.98. The fourth-order valence-electron chi connectivity index (χ4n) is 3.40. The molecule has 2 aromatic carbocycles. The van der Waals surface area contributed by atoms with Gasteiger partial charge in [-0.15, -0.1) is 0 Å². The molecule has 0 bridgehead atoms. The molecule has 1 atom stereocenters. The summed E-state index contributed by atoms with van der Waals surface area (Å²) >= 11 is 6.32. The molecular formula is C23H24ClN3O4. The maximum Gasteiger partial charge on any atom is 0.258 e. The first-order valence-corrected chi connectivity index (χ1v) is 10.4. The lowest BCUT2D eigenvalue weighted by Crippen LogP contribution is -2.37. The van der Waals surface area contributed by atoms with Crippen LogP contribution in [0.5, 0.6) is 5.75 Å². The lowest BCUT2D eigenvalue weighted by molar-refractivity contribution is 0.189. The number of hydrogen-bond donors (Lipinski definition) is 2. The number of aromatic nitrogens is 2. The molecule has 7 nitrogen and oxygen atoms in total. The van der Waals surface area contributed by atoms with Crippen molar-refractivity contribution < 1.29 is 18.8 Å². The second kappa shape index (κ2) is 8.34. The Balaban J connectivity index is 1.66.